The van der Waals surface area contributed by atoms with Crippen LogP contribution in [0.2, 0.25) is 0 Å². The fourth-order valence-corrected chi connectivity index (χ4v) is 7.24. The van der Waals surface area contributed by atoms with E-state index in [0.29, 0.717) is 5.69 Å². The molecule has 3 aliphatic rings. The molecule has 5 atom stereocenters. The van der Waals surface area contributed by atoms with Gasteiger partial charge < -0.3 is 9.80 Å². The molecule has 0 radical (unpaired) electrons. The van der Waals surface area contributed by atoms with Crippen LogP contribution in [0.1, 0.15) is 55.6 Å². The van der Waals surface area contributed by atoms with Crippen molar-refractivity contribution < 1.29 is 9.59 Å². The van der Waals surface area contributed by atoms with Crippen molar-refractivity contribution in [2.45, 2.75) is 70.1 Å². The Morgan fingerprint density at radius 3 is 2.41 bits per heavy atom. The number of carbonyl (C=O) groups excluding carboxylic acids is 2. The summed E-state index contributed by atoms with van der Waals surface area (Å²) in [5.74, 6) is 0.134. The lowest BCUT2D eigenvalue weighted by Gasteiger charge is -2.52. The van der Waals surface area contributed by atoms with Gasteiger partial charge in [-0.05, 0) is 49.8 Å². The largest absolute Gasteiger partial charge is 0.334 e. The average molecular weight is 454 g/mol. The van der Waals surface area contributed by atoms with Gasteiger partial charge in [-0.25, -0.2) is 4.98 Å². The Bertz CT molecular complexity index is 1260. The number of pyridine rings is 1. The van der Waals surface area contributed by atoms with Crippen molar-refractivity contribution in [2.24, 2.45) is 5.41 Å². The van der Waals surface area contributed by atoms with E-state index in [0.717, 1.165) is 43.0 Å². The molecule has 3 heterocycles. The Labute approximate surface area is 200 Å². The third-order valence-corrected chi connectivity index (χ3v) is 8.66. The number of fused-ring (bicyclic) bond motifs is 2. The molecular formula is C29H31N3O2. The zero-order chi connectivity index (χ0) is 23.4. The second kappa shape index (κ2) is 7.93. The van der Waals surface area contributed by atoms with Crippen LogP contribution in [-0.4, -0.2) is 50.8 Å². The van der Waals surface area contributed by atoms with Crippen molar-refractivity contribution in [2.75, 3.05) is 0 Å². The van der Waals surface area contributed by atoms with E-state index in [2.05, 4.69) is 41.0 Å². The summed E-state index contributed by atoms with van der Waals surface area (Å²) in [5, 5.41) is 1.04. The number of para-hydroxylation sites is 1. The molecule has 34 heavy (non-hydrogen) atoms. The van der Waals surface area contributed by atoms with E-state index in [4.69, 9.17) is 4.98 Å². The molecule has 1 aliphatic carbocycles. The fraction of sp³-hybridized carbons (Fsp3) is 0.414. The maximum absolute atomic E-state index is 14.1. The first-order valence-corrected chi connectivity index (χ1v) is 12.5. The minimum absolute atomic E-state index is 0.00535. The lowest BCUT2D eigenvalue weighted by molar-refractivity contribution is -0.142. The first-order chi connectivity index (χ1) is 16.5. The molecular weight excluding hydrogens is 422 g/mol. The maximum atomic E-state index is 14.1. The molecule has 5 nitrogen and oxygen atoms in total. The van der Waals surface area contributed by atoms with Gasteiger partial charge in [0, 0.05) is 29.8 Å². The molecule has 2 saturated heterocycles. The zero-order valence-electron chi connectivity index (χ0n) is 19.9. The van der Waals surface area contributed by atoms with Gasteiger partial charge in [-0.2, -0.15) is 0 Å². The molecule has 2 aliphatic heterocycles. The lowest BCUT2D eigenvalue weighted by atomic mass is 9.64. The number of hydrogen-bond donors (Lipinski definition) is 0. The van der Waals surface area contributed by atoms with Gasteiger partial charge in [-0.1, -0.05) is 61.5 Å². The van der Waals surface area contributed by atoms with Gasteiger partial charge in [0.2, 0.25) is 5.91 Å². The van der Waals surface area contributed by atoms with Crippen LogP contribution in [0.25, 0.3) is 10.9 Å². The second-order valence-electron chi connectivity index (χ2n) is 10.5. The molecule has 0 unspecified atom stereocenters. The number of carbonyl (C=O) groups is 2. The molecule has 5 heteroatoms. The minimum Gasteiger partial charge on any atom is -0.334 e. The highest BCUT2D eigenvalue weighted by atomic mass is 16.2. The molecule has 0 N–H and O–H groups in total. The van der Waals surface area contributed by atoms with Crippen LogP contribution in [0.5, 0.6) is 0 Å². The summed E-state index contributed by atoms with van der Waals surface area (Å²) in [7, 11) is 0. The number of amides is 2. The van der Waals surface area contributed by atoms with Crippen LogP contribution >= 0.6 is 0 Å². The predicted molar refractivity (Wildman–Crippen MR) is 132 cm³/mol. The van der Waals surface area contributed by atoms with Gasteiger partial charge in [0.25, 0.3) is 5.91 Å². The Morgan fingerprint density at radius 2 is 1.65 bits per heavy atom. The van der Waals surface area contributed by atoms with Crippen LogP contribution in [0.15, 0.2) is 66.7 Å². The van der Waals surface area contributed by atoms with Crippen molar-refractivity contribution >= 4 is 22.7 Å². The Balaban J connectivity index is 1.44. The van der Waals surface area contributed by atoms with E-state index in [-0.39, 0.29) is 41.4 Å². The van der Waals surface area contributed by atoms with E-state index < -0.39 is 0 Å². The predicted octanol–water partition coefficient (Wildman–Crippen LogP) is 4.85. The van der Waals surface area contributed by atoms with E-state index in [1.165, 1.54) is 5.56 Å². The minimum atomic E-state index is -0.0751. The second-order valence-corrected chi connectivity index (χ2v) is 10.5. The molecule has 1 saturated carbocycles. The molecule has 2 bridgehead atoms. The highest BCUT2D eigenvalue weighted by Gasteiger charge is 2.64. The van der Waals surface area contributed by atoms with Crippen LogP contribution in [0, 0.1) is 5.41 Å². The van der Waals surface area contributed by atoms with E-state index >= 15 is 0 Å². The zero-order valence-corrected chi connectivity index (χ0v) is 19.9. The summed E-state index contributed by atoms with van der Waals surface area (Å²) in [6.45, 7) is 4.01. The number of benzene rings is 2. The van der Waals surface area contributed by atoms with E-state index in [9.17, 15) is 9.59 Å². The Hall–Kier alpha value is -3.21. The molecule has 0 spiro atoms. The van der Waals surface area contributed by atoms with Crippen LogP contribution in [0.4, 0.5) is 0 Å². The third kappa shape index (κ3) is 3.17. The fourth-order valence-electron chi connectivity index (χ4n) is 7.24. The van der Waals surface area contributed by atoms with Crippen molar-refractivity contribution in [3.8, 4) is 0 Å². The average Bonchev–Trinajstić information content (AvgIpc) is 3.16. The summed E-state index contributed by atoms with van der Waals surface area (Å²) in [5.41, 5.74) is 2.48. The summed E-state index contributed by atoms with van der Waals surface area (Å²) >= 11 is 0. The topological polar surface area (TPSA) is 53.5 Å². The van der Waals surface area contributed by atoms with Crippen LogP contribution in [-0.2, 0) is 11.2 Å². The van der Waals surface area contributed by atoms with E-state index in [1.54, 1.807) is 6.92 Å². The maximum Gasteiger partial charge on any atom is 0.273 e. The van der Waals surface area contributed by atoms with Gasteiger partial charge >= 0.3 is 0 Å². The monoisotopic (exact) mass is 453 g/mol. The van der Waals surface area contributed by atoms with Gasteiger partial charge in [0.15, 0.2) is 0 Å². The van der Waals surface area contributed by atoms with E-state index in [1.807, 2.05) is 42.5 Å². The number of hydrogen-bond acceptors (Lipinski definition) is 3. The summed E-state index contributed by atoms with van der Waals surface area (Å²) in [6, 6.07) is 22.5. The van der Waals surface area contributed by atoms with Crippen LogP contribution in [0.3, 0.4) is 0 Å². The van der Waals surface area contributed by atoms with Gasteiger partial charge in [0.1, 0.15) is 5.69 Å². The summed E-state index contributed by atoms with van der Waals surface area (Å²) in [6.07, 6.45) is 4.75. The van der Waals surface area contributed by atoms with Crippen molar-refractivity contribution in [1.29, 1.82) is 0 Å². The lowest BCUT2D eigenvalue weighted by Crippen LogP contribution is -2.62. The molecule has 6 rings (SSSR count). The van der Waals surface area contributed by atoms with Crippen molar-refractivity contribution in [3.05, 3.63) is 78.0 Å². The normalized spacial score (nSPS) is 29.9. The Morgan fingerprint density at radius 1 is 0.941 bits per heavy atom. The summed E-state index contributed by atoms with van der Waals surface area (Å²) < 4.78 is 0. The standard InChI is InChI=1S/C29H31N3O2/c1-19(33)31-24(17-20-9-4-3-5-10-20)25-18-29(2)26(31)13-8-14-27(29)32(25)28(34)23-16-15-21-11-6-7-12-22(21)30-23/h3-7,9-12,15-16,24-27H,8,13-14,17-18H2,1-2H3/t24-,25+,26-,27+,29-/m1/s1. The van der Waals surface area contributed by atoms with Crippen LogP contribution < -0.4 is 0 Å². The SMILES string of the molecule is CC(=O)N1[C@H](Cc2ccccc2)[C@@H]2C[C@@]3(C)[C@H](CCC[C@@H]13)N2C(=O)c1ccc2ccccc2n1. The first kappa shape index (κ1) is 21.3. The molecule has 2 aromatic carbocycles. The number of nitrogens with zero attached hydrogens (tertiary/aromatic N) is 3. The van der Waals surface area contributed by atoms with Gasteiger partial charge in [-0.15, -0.1) is 0 Å². The highest BCUT2D eigenvalue weighted by molar-refractivity contribution is 5.96. The number of aromatic nitrogens is 1. The van der Waals surface area contributed by atoms with Crippen molar-refractivity contribution in [1.82, 2.24) is 14.8 Å². The number of piperidine rings is 1. The van der Waals surface area contributed by atoms with Gasteiger partial charge in [0.05, 0.1) is 17.6 Å². The highest BCUT2D eigenvalue weighted by Crippen LogP contribution is 2.56. The molecule has 1 aromatic heterocycles. The first-order valence-electron chi connectivity index (χ1n) is 12.5. The molecule has 174 valence electrons. The van der Waals surface area contributed by atoms with Crippen molar-refractivity contribution in [3.63, 3.8) is 0 Å². The molecule has 3 aromatic rings. The van der Waals surface area contributed by atoms with Gasteiger partial charge in [-0.3, -0.25) is 9.59 Å². The number of likely N-dealkylation sites (tertiary alicyclic amines) is 2. The number of rotatable bonds is 3. The summed E-state index contributed by atoms with van der Waals surface area (Å²) in [4.78, 5) is 36.2. The quantitative estimate of drug-likeness (QED) is 0.570. The third-order valence-electron chi connectivity index (χ3n) is 8.66. The molecule has 2 amide bonds. The molecule has 3 fully saturated rings. The Kier molecular flexibility index (Phi) is 4.98. The smallest absolute Gasteiger partial charge is 0.273 e.